The van der Waals surface area contributed by atoms with Crippen LogP contribution in [0.2, 0.25) is 0 Å². The zero-order chi connectivity index (χ0) is 19.8. The van der Waals surface area contributed by atoms with Gasteiger partial charge in [-0.05, 0) is 36.5 Å². The van der Waals surface area contributed by atoms with Gasteiger partial charge in [0.25, 0.3) is 11.5 Å². The first-order valence-corrected chi connectivity index (χ1v) is 8.42. The minimum Gasteiger partial charge on any atom is -0.348 e. The summed E-state index contributed by atoms with van der Waals surface area (Å²) in [6.07, 6.45) is -2.66. The lowest BCUT2D eigenvalue weighted by Gasteiger charge is -2.20. The third-order valence-electron chi connectivity index (χ3n) is 4.36. The van der Waals surface area contributed by atoms with E-state index in [4.69, 9.17) is 0 Å². The summed E-state index contributed by atoms with van der Waals surface area (Å²) in [5.41, 5.74) is -0.646. The van der Waals surface area contributed by atoms with Crippen molar-refractivity contribution in [1.29, 1.82) is 0 Å². The normalized spacial score (nSPS) is 15.3. The zero-order valence-electron chi connectivity index (χ0n) is 14.8. The van der Waals surface area contributed by atoms with Crippen molar-refractivity contribution in [3.63, 3.8) is 0 Å². The van der Waals surface area contributed by atoms with Gasteiger partial charge in [0.15, 0.2) is 0 Å². The molecule has 0 unspecified atom stereocenters. The number of carbonyl (C=O) groups excluding carboxylic acids is 1. The molecule has 1 aromatic heterocycles. The Morgan fingerprint density at radius 1 is 1.26 bits per heavy atom. The number of alkyl halides is 3. The Hall–Kier alpha value is -2.84. The number of nitrogens with one attached hydrogen (secondary N) is 2. The van der Waals surface area contributed by atoms with Crippen LogP contribution in [0.25, 0.3) is 0 Å². The average Bonchev–Trinajstić information content (AvgIpc) is 3.43. The number of aromatic nitrogens is 2. The summed E-state index contributed by atoms with van der Waals surface area (Å²) in [6.45, 7) is 0. The molecular formula is C18H19F3N4O2. The van der Waals surface area contributed by atoms with E-state index in [0.717, 1.165) is 31.0 Å². The molecule has 9 heteroatoms. The third kappa shape index (κ3) is 4.47. The summed E-state index contributed by atoms with van der Waals surface area (Å²) in [7, 11) is 3.35. The van der Waals surface area contributed by atoms with E-state index in [1.165, 1.54) is 12.1 Å². The highest BCUT2D eigenvalue weighted by molar-refractivity contribution is 5.92. The third-order valence-corrected chi connectivity index (χ3v) is 4.36. The average molecular weight is 380 g/mol. The predicted molar refractivity (Wildman–Crippen MR) is 93.6 cm³/mol. The largest absolute Gasteiger partial charge is 0.416 e. The lowest BCUT2D eigenvalue weighted by molar-refractivity contribution is -0.137. The molecule has 0 radical (unpaired) electrons. The van der Waals surface area contributed by atoms with E-state index in [-0.39, 0.29) is 17.6 Å². The predicted octanol–water partition coefficient (Wildman–Crippen LogP) is 2.74. The standard InChI is InChI=1S/C18H19F3N4O2/c1-25(2)17-22-13(9-14(26)23-17)16(27)24-15(10-3-4-10)11-5-7-12(8-6-11)18(19,20)21/h5-10,15H,3-4H2,1-2H3,(H,24,27)(H,22,23,26)/t15-/m1/s1. The molecule has 1 fully saturated rings. The van der Waals surface area contributed by atoms with Crippen molar-refractivity contribution in [3.05, 3.63) is 57.5 Å². The number of amides is 1. The van der Waals surface area contributed by atoms with Crippen LogP contribution < -0.4 is 15.8 Å². The molecule has 1 amide bonds. The van der Waals surface area contributed by atoms with E-state index in [2.05, 4.69) is 15.3 Å². The van der Waals surface area contributed by atoms with E-state index in [1.807, 2.05) is 0 Å². The molecule has 27 heavy (non-hydrogen) atoms. The van der Waals surface area contributed by atoms with E-state index >= 15 is 0 Å². The minimum absolute atomic E-state index is 0.0417. The maximum atomic E-state index is 12.7. The maximum Gasteiger partial charge on any atom is 0.416 e. The van der Waals surface area contributed by atoms with Crippen molar-refractivity contribution < 1.29 is 18.0 Å². The molecule has 6 nitrogen and oxygen atoms in total. The highest BCUT2D eigenvalue weighted by Gasteiger charge is 2.35. The fraction of sp³-hybridized carbons (Fsp3) is 0.389. The number of rotatable bonds is 5. The van der Waals surface area contributed by atoms with Crippen LogP contribution in [0.1, 0.15) is 40.5 Å². The topological polar surface area (TPSA) is 78.1 Å². The summed E-state index contributed by atoms with van der Waals surface area (Å²) in [5, 5.41) is 2.81. The molecule has 0 bridgehead atoms. The number of hydrogen-bond donors (Lipinski definition) is 2. The maximum absolute atomic E-state index is 12.7. The molecule has 1 heterocycles. The smallest absolute Gasteiger partial charge is 0.348 e. The number of nitrogens with zero attached hydrogens (tertiary/aromatic N) is 2. The van der Waals surface area contributed by atoms with Crippen LogP contribution >= 0.6 is 0 Å². The lowest BCUT2D eigenvalue weighted by atomic mass is 10.0. The first-order valence-electron chi connectivity index (χ1n) is 8.42. The Morgan fingerprint density at radius 2 is 1.89 bits per heavy atom. The van der Waals surface area contributed by atoms with E-state index < -0.39 is 29.2 Å². The molecular weight excluding hydrogens is 361 g/mol. The first-order chi connectivity index (χ1) is 12.6. The van der Waals surface area contributed by atoms with Gasteiger partial charge in [-0.15, -0.1) is 0 Å². The van der Waals surface area contributed by atoms with Crippen molar-refractivity contribution in [2.24, 2.45) is 5.92 Å². The molecule has 144 valence electrons. The molecule has 1 aliphatic rings. The molecule has 1 saturated carbocycles. The van der Waals surface area contributed by atoms with Crippen LogP contribution in [0.3, 0.4) is 0 Å². The molecule has 2 aromatic rings. The fourth-order valence-electron chi connectivity index (χ4n) is 2.77. The van der Waals surface area contributed by atoms with Gasteiger partial charge in [0, 0.05) is 20.2 Å². The molecule has 0 aliphatic heterocycles. The number of carbonyl (C=O) groups is 1. The van der Waals surface area contributed by atoms with Crippen molar-refractivity contribution in [3.8, 4) is 0 Å². The van der Waals surface area contributed by atoms with Crippen molar-refractivity contribution >= 4 is 11.9 Å². The Morgan fingerprint density at radius 3 is 2.41 bits per heavy atom. The fourth-order valence-corrected chi connectivity index (χ4v) is 2.77. The van der Waals surface area contributed by atoms with Crippen LogP contribution in [0.5, 0.6) is 0 Å². The Kier molecular flexibility index (Phi) is 4.95. The van der Waals surface area contributed by atoms with Gasteiger partial charge in [-0.3, -0.25) is 14.6 Å². The number of H-pyrrole nitrogens is 1. The molecule has 0 saturated heterocycles. The van der Waals surface area contributed by atoms with Crippen LogP contribution in [-0.4, -0.2) is 30.0 Å². The number of hydrogen-bond acceptors (Lipinski definition) is 4. The number of aromatic amines is 1. The second-order valence-electron chi connectivity index (χ2n) is 6.76. The Labute approximate surface area is 153 Å². The highest BCUT2D eigenvalue weighted by atomic mass is 19.4. The monoisotopic (exact) mass is 380 g/mol. The second kappa shape index (κ2) is 7.05. The number of benzene rings is 1. The molecule has 1 aromatic carbocycles. The SMILES string of the molecule is CN(C)c1nc(C(=O)N[C@@H](c2ccc(C(F)(F)F)cc2)C2CC2)cc(=O)[nH]1. The second-order valence-corrected chi connectivity index (χ2v) is 6.76. The van der Waals surface area contributed by atoms with Crippen LogP contribution in [-0.2, 0) is 6.18 Å². The summed E-state index contributed by atoms with van der Waals surface area (Å²) in [4.78, 5) is 32.5. The zero-order valence-corrected chi connectivity index (χ0v) is 14.8. The number of anilines is 1. The lowest BCUT2D eigenvalue weighted by Crippen LogP contribution is -2.32. The van der Waals surface area contributed by atoms with E-state index in [1.54, 1.807) is 19.0 Å². The summed E-state index contributed by atoms with van der Waals surface area (Å²) >= 11 is 0. The van der Waals surface area contributed by atoms with Gasteiger partial charge in [0.2, 0.25) is 5.95 Å². The van der Waals surface area contributed by atoms with Gasteiger partial charge < -0.3 is 10.2 Å². The summed E-state index contributed by atoms with van der Waals surface area (Å²) in [5.74, 6) is -0.146. The van der Waals surface area contributed by atoms with Gasteiger partial charge in [0.1, 0.15) is 5.69 Å². The molecule has 2 N–H and O–H groups in total. The quantitative estimate of drug-likeness (QED) is 0.836. The van der Waals surface area contributed by atoms with Crippen LogP contribution in [0.15, 0.2) is 35.1 Å². The Balaban J connectivity index is 1.83. The molecule has 1 atom stereocenters. The summed E-state index contributed by atoms with van der Waals surface area (Å²) < 4.78 is 38.2. The van der Waals surface area contributed by atoms with Crippen molar-refractivity contribution in [2.45, 2.75) is 25.1 Å². The summed E-state index contributed by atoms with van der Waals surface area (Å²) in [6, 6.07) is 5.44. The van der Waals surface area contributed by atoms with Gasteiger partial charge in [0.05, 0.1) is 11.6 Å². The van der Waals surface area contributed by atoms with E-state index in [9.17, 15) is 22.8 Å². The minimum atomic E-state index is -4.41. The molecule has 1 aliphatic carbocycles. The molecule has 3 rings (SSSR count). The van der Waals surface area contributed by atoms with E-state index in [0.29, 0.717) is 5.56 Å². The highest BCUT2D eigenvalue weighted by Crippen LogP contribution is 2.41. The van der Waals surface area contributed by atoms with Gasteiger partial charge in [-0.2, -0.15) is 13.2 Å². The van der Waals surface area contributed by atoms with Crippen LogP contribution in [0, 0.1) is 5.92 Å². The molecule has 0 spiro atoms. The van der Waals surface area contributed by atoms with Gasteiger partial charge in [-0.25, -0.2) is 4.98 Å². The van der Waals surface area contributed by atoms with Crippen molar-refractivity contribution in [2.75, 3.05) is 19.0 Å². The van der Waals surface area contributed by atoms with Gasteiger partial charge in [-0.1, -0.05) is 12.1 Å². The van der Waals surface area contributed by atoms with Gasteiger partial charge >= 0.3 is 6.18 Å². The first kappa shape index (κ1) is 18.9. The Bertz CT molecular complexity index is 887. The number of halogens is 3. The van der Waals surface area contributed by atoms with Crippen molar-refractivity contribution in [1.82, 2.24) is 15.3 Å². The van der Waals surface area contributed by atoms with Crippen LogP contribution in [0.4, 0.5) is 19.1 Å².